The van der Waals surface area contributed by atoms with Gasteiger partial charge in [-0.15, -0.1) is 0 Å². The molecule has 0 saturated heterocycles. The Bertz CT molecular complexity index is 3990. The number of para-hydroxylation sites is 2. The number of rotatable bonds is 9. The quantitative estimate of drug-likeness (QED) is 0.131. The van der Waals surface area contributed by atoms with Crippen molar-refractivity contribution in [3.05, 3.63) is 279 Å². The smallest absolute Gasteiger partial charge is 0.0547 e. The molecule has 2 heteroatoms. The fourth-order valence-electron chi connectivity index (χ4n) is 10.8. The van der Waals surface area contributed by atoms with E-state index in [1.165, 1.54) is 93.4 Å². The van der Waals surface area contributed by atoms with Crippen LogP contribution in [0.5, 0.6) is 0 Å². The van der Waals surface area contributed by atoms with Crippen molar-refractivity contribution in [2.24, 2.45) is 0 Å². The Labute approximate surface area is 408 Å². The zero-order valence-electron chi connectivity index (χ0n) is 38.5. The fraction of sp³-hybridized carbons (Fsp3) is 0. The largest absolute Gasteiger partial charge is 0.311 e. The summed E-state index contributed by atoms with van der Waals surface area (Å²) in [4.78, 5) is 2.37. The molecule has 0 amide bonds. The summed E-state index contributed by atoms with van der Waals surface area (Å²) in [6.45, 7) is 0. The summed E-state index contributed by atoms with van der Waals surface area (Å²) in [5.41, 5.74) is 18.9. The van der Waals surface area contributed by atoms with Gasteiger partial charge in [-0.3, -0.25) is 0 Å². The SMILES string of the molecule is c1ccc(-c2ccc(N(c3ccc(-c4ccc5c(c4)c(-c4ccccc4)c(-c4ccccc4)c4ccccc45)cc3)c3ccc(-c4cccc5c4c4ccccc4n5-c4ccccc4)cc3)cc2)cc1. The van der Waals surface area contributed by atoms with Gasteiger partial charge >= 0.3 is 0 Å². The van der Waals surface area contributed by atoms with Gasteiger partial charge in [-0.25, -0.2) is 0 Å². The van der Waals surface area contributed by atoms with Gasteiger partial charge in [0.2, 0.25) is 0 Å². The van der Waals surface area contributed by atoms with Gasteiger partial charge in [-0.2, -0.15) is 0 Å². The Morgan fingerprint density at radius 2 is 0.657 bits per heavy atom. The predicted molar refractivity (Wildman–Crippen MR) is 298 cm³/mol. The molecule has 0 spiro atoms. The Hall–Kier alpha value is -9.24. The van der Waals surface area contributed by atoms with Crippen LogP contribution < -0.4 is 4.90 Å². The first-order valence-corrected chi connectivity index (χ1v) is 24.1. The second kappa shape index (κ2) is 17.4. The highest BCUT2D eigenvalue weighted by molar-refractivity contribution is 6.22. The second-order valence-corrected chi connectivity index (χ2v) is 18.0. The van der Waals surface area contributed by atoms with E-state index in [4.69, 9.17) is 0 Å². The summed E-state index contributed by atoms with van der Waals surface area (Å²) in [5.74, 6) is 0. The molecule has 1 heterocycles. The van der Waals surface area contributed by atoms with Gasteiger partial charge in [0, 0.05) is 33.5 Å². The van der Waals surface area contributed by atoms with Crippen LogP contribution in [0.2, 0.25) is 0 Å². The fourth-order valence-corrected chi connectivity index (χ4v) is 10.8. The van der Waals surface area contributed by atoms with Crippen molar-refractivity contribution in [1.29, 1.82) is 0 Å². The van der Waals surface area contributed by atoms with Crippen LogP contribution in [0, 0.1) is 0 Å². The van der Waals surface area contributed by atoms with E-state index in [2.05, 4.69) is 289 Å². The molecule has 12 aromatic carbocycles. The van der Waals surface area contributed by atoms with Crippen LogP contribution in [-0.4, -0.2) is 4.57 Å². The van der Waals surface area contributed by atoms with Crippen LogP contribution in [0.25, 0.3) is 105 Å². The van der Waals surface area contributed by atoms with Gasteiger partial charge in [-0.1, -0.05) is 212 Å². The monoisotopic (exact) mass is 890 g/mol. The van der Waals surface area contributed by atoms with Gasteiger partial charge in [0.15, 0.2) is 0 Å². The number of benzene rings is 12. The van der Waals surface area contributed by atoms with Crippen LogP contribution in [0.1, 0.15) is 0 Å². The van der Waals surface area contributed by atoms with Crippen LogP contribution in [0.3, 0.4) is 0 Å². The zero-order valence-corrected chi connectivity index (χ0v) is 38.5. The molecule has 13 rings (SSSR count). The summed E-state index contributed by atoms with van der Waals surface area (Å²) in [6.07, 6.45) is 0. The molecule has 13 aromatic rings. The average Bonchev–Trinajstić information content (AvgIpc) is 3.79. The Balaban J connectivity index is 0.924. The average molecular weight is 891 g/mol. The van der Waals surface area contributed by atoms with E-state index in [1.54, 1.807) is 0 Å². The molecule has 0 aliphatic heterocycles. The summed E-state index contributed by atoms with van der Waals surface area (Å²) < 4.78 is 2.39. The van der Waals surface area contributed by atoms with Gasteiger partial charge in [0.05, 0.1) is 11.0 Å². The molecule has 0 aliphatic carbocycles. The zero-order chi connectivity index (χ0) is 46.4. The summed E-state index contributed by atoms with van der Waals surface area (Å²) in [7, 11) is 0. The third-order valence-electron chi connectivity index (χ3n) is 14.0. The third-order valence-corrected chi connectivity index (χ3v) is 14.0. The number of anilines is 3. The lowest BCUT2D eigenvalue weighted by molar-refractivity contribution is 1.18. The third kappa shape index (κ3) is 7.13. The minimum atomic E-state index is 1.08. The van der Waals surface area contributed by atoms with Gasteiger partial charge in [0.25, 0.3) is 0 Å². The van der Waals surface area contributed by atoms with E-state index in [-0.39, 0.29) is 0 Å². The molecule has 70 heavy (non-hydrogen) atoms. The highest BCUT2D eigenvalue weighted by atomic mass is 15.1. The molecular formula is C68H46N2. The Kier molecular flexibility index (Phi) is 10.2. The Morgan fingerprint density at radius 3 is 1.26 bits per heavy atom. The summed E-state index contributed by atoms with van der Waals surface area (Å²) in [6, 6.07) is 102. The second-order valence-electron chi connectivity index (χ2n) is 18.0. The molecule has 0 saturated carbocycles. The first-order chi connectivity index (χ1) is 34.7. The standard InChI is InChI=1S/C68H46N2/c1-5-18-47(19-6-1)48-32-39-55(40-33-48)69(57-43-36-50(37-44-57)58-29-17-31-65-68(58)62-28-15-16-30-64(62)70(65)54-24-11-4-12-25-54)56-41-34-49(35-42-56)53-38-45-60-59-26-13-14-27-61(59)66(51-20-7-2-8-21-51)67(63(60)46-53)52-22-9-3-10-23-52/h1-46H. The molecule has 0 radical (unpaired) electrons. The maximum Gasteiger partial charge on any atom is 0.0547 e. The Morgan fingerprint density at radius 1 is 0.243 bits per heavy atom. The van der Waals surface area contributed by atoms with E-state index in [1.807, 2.05) is 0 Å². The van der Waals surface area contributed by atoms with Crippen molar-refractivity contribution in [2.45, 2.75) is 0 Å². The molecule has 0 unspecified atom stereocenters. The van der Waals surface area contributed by atoms with E-state index in [0.717, 1.165) is 28.3 Å². The van der Waals surface area contributed by atoms with Crippen molar-refractivity contribution >= 4 is 60.4 Å². The summed E-state index contributed by atoms with van der Waals surface area (Å²) in [5, 5.41) is 7.51. The minimum absolute atomic E-state index is 1.08. The van der Waals surface area contributed by atoms with Crippen LogP contribution in [-0.2, 0) is 0 Å². The number of nitrogens with zero attached hydrogens (tertiary/aromatic N) is 2. The van der Waals surface area contributed by atoms with Crippen LogP contribution in [0.4, 0.5) is 17.1 Å². The lowest BCUT2D eigenvalue weighted by Crippen LogP contribution is -2.09. The van der Waals surface area contributed by atoms with Crippen molar-refractivity contribution in [3.8, 4) is 61.3 Å². The van der Waals surface area contributed by atoms with Gasteiger partial charge in [-0.05, 0) is 144 Å². The molecule has 1 aromatic heterocycles. The number of aromatic nitrogens is 1. The highest BCUT2D eigenvalue weighted by Gasteiger charge is 2.20. The predicted octanol–water partition coefficient (Wildman–Crippen LogP) is 18.9. The van der Waals surface area contributed by atoms with Crippen LogP contribution >= 0.6 is 0 Å². The number of hydrogen-bond acceptors (Lipinski definition) is 1. The van der Waals surface area contributed by atoms with E-state index in [9.17, 15) is 0 Å². The van der Waals surface area contributed by atoms with E-state index in [0.29, 0.717) is 0 Å². The van der Waals surface area contributed by atoms with Crippen molar-refractivity contribution in [2.75, 3.05) is 4.90 Å². The highest BCUT2D eigenvalue weighted by Crippen LogP contribution is 2.46. The maximum atomic E-state index is 2.40. The van der Waals surface area contributed by atoms with Crippen molar-refractivity contribution < 1.29 is 0 Å². The number of hydrogen-bond donors (Lipinski definition) is 0. The van der Waals surface area contributed by atoms with Gasteiger partial charge < -0.3 is 9.47 Å². The topological polar surface area (TPSA) is 8.17 Å². The molecule has 0 atom stereocenters. The lowest BCUT2D eigenvalue weighted by Gasteiger charge is -2.26. The first kappa shape index (κ1) is 41.0. The number of fused-ring (bicyclic) bond motifs is 6. The molecular weight excluding hydrogens is 845 g/mol. The lowest BCUT2D eigenvalue weighted by atomic mass is 9.84. The van der Waals surface area contributed by atoms with Gasteiger partial charge in [0.1, 0.15) is 0 Å². The normalized spacial score (nSPS) is 11.4. The van der Waals surface area contributed by atoms with Crippen LogP contribution in [0.15, 0.2) is 279 Å². The van der Waals surface area contributed by atoms with Crippen molar-refractivity contribution in [1.82, 2.24) is 4.57 Å². The molecule has 0 aliphatic rings. The molecule has 0 fully saturated rings. The minimum Gasteiger partial charge on any atom is -0.311 e. The molecule has 0 bridgehead atoms. The maximum absolute atomic E-state index is 2.40. The molecule has 0 N–H and O–H groups in total. The van der Waals surface area contributed by atoms with Crippen molar-refractivity contribution in [3.63, 3.8) is 0 Å². The summed E-state index contributed by atoms with van der Waals surface area (Å²) >= 11 is 0. The first-order valence-electron chi connectivity index (χ1n) is 24.1. The molecule has 2 nitrogen and oxygen atoms in total. The molecule has 328 valence electrons. The van der Waals surface area contributed by atoms with E-state index >= 15 is 0 Å². The van der Waals surface area contributed by atoms with E-state index < -0.39 is 0 Å².